The van der Waals surface area contributed by atoms with Crippen LogP contribution in [-0.2, 0) is 23.0 Å². The minimum absolute atomic E-state index is 0.0741. The predicted molar refractivity (Wildman–Crippen MR) is 55.0 cm³/mol. The Morgan fingerprint density at radius 3 is 2.80 bits per heavy atom. The van der Waals surface area contributed by atoms with Crippen molar-refractivity contribution in [2.75, 3.05) is 12.3 Å². The Labute approximate surface area is 87.3 Å². The van der Waals surface area contributed by atoms with Gasteiger partial charge in [-0.2, -0.15) is 4.31 Å². The van der Waals surface area contributed by atoms with Crippen LogP contribution in [0, 0.1) is 0 Å². The van der Waals surface area contributed by atoms with E-state index in [-0.39, 0.29) is 17.9 Å². The topological polar surface area (TPSA) is 86.0 Å². The summed E-state index contributed by atoms with van der Waals surface area (Å²) < 4.78 is 24.6. The van der Waals surface area contributed by atoms with Gasteiger partial charge in [0, 0.05) is 25.2 Å². The summed E-state index contributed by atoms with van der Waals surface area (Å²) in [5.74, 6) is 0.0741. The van der Waals surface area contributed by atoms with Gasteiger partial charge in [-0.3, -0.25) is 9.89 Å². The quantitative estimate of drug-likeness (QED) is 0.713. The van der Waals surface area contributed by atoms with Gasteiger partial charge in [-0.15, -0.1) is 0 Å². The Balaban J connectivity index is 2.33. The molecule has 0 amide bonds. The van der Waals surface area contributed by atoms with Crippen molar-refractivity contribution >= 4 is 10.0 Å². The van der Waals surface area contributed by atoms with Gasteiger partial charge in [0.15, 0.2) is 0 Å². The number of rotatable bonds is 2. The lowest BCUT2D eigenvalue weighted by atomic mass is 10.1. The van der Waals surface area contributed by atoms with Gasteiger partial charge in [-0.25, -0.2) is 8.42 Å². The summed E-state index contributed by atoms with van der Waals surface area (Å²) in [6, 6.07) is 0. The Kier molecular flexibility index (Phi) is 2.43. The lowest BCUT2D eigenvalue weighted by Crippen LogP contribution is -2.38. The van der Waals surface area contributed by atoms with Gasteiger partial charge in [0.25, 0.3) is 5.56 Å². The fraction of sp³-hybridized carbons (Fsp3) is 0.625. The summed E-state index contributed by atoms with van der Waals surface area (Å²) in [6.45, 7) is 2.23. The molecule has 0 saturated heterocycles. The number of aromatic nitrogens is 2. The third-order valence-corrected chi connectivity index (χ3v) is 4.50. The molecule has 2 heterocycles. The van der Waals surface area contributed by atoms with Crippen molar-refractivity contribution in [3.63, 3.8) is 0 Å². The van der Waals surface area contributed by atoms with Crippen LogP contribution in [0.3, 0.4) is 0 Å². The molecule has 2 N–H and O–H groups in total. The number of H-pyrrole nitrogens is 2. The van der Waals surface area contributed by atoms with Gasteiger partial charge in [0.1, 0.15) is 0 Å². The van der Waals surface area contributed by atoms with Gasteiger partial charge >= 0.3 is 0 Å². The third kappa shape index (κ3) is 1.72. The third-order valence-electron chi connectivity index (χ3n) is 2.67. The molecule has 2 rings (SSSR count). The molecule has 1 aliphatic heterocycles. The zero-order valence-corrected chi connectivity index (χ0v) is 9.23. The molecule has 0 spiro atoms. The summed E-state index contributed by atoms with van der Waals surface area (Å²) in [4.78, 5) is 11.3. The zero-order chi connectivity index (χ0) is 11.1. The highest BCUT2D eigenvalue weighted by molar-refractivity contribution is 7.89. The van der Waals surface area contributed by atoms with Crippen molar-refractivity contribution in [3.05, 3.63) is 21.6 Å². The van der Waals surface area contributed by atoms with E-state index in [2.05, 4.69) is 10.2 Å². The van der Waals surface area contributed by atoms with E-state index in [0.717, 1.165) is 5.69 Å². The second kappa shape index (κ2) is 3.49. The van der Waals surface area contributed by atoms with Crippen molar-refractivity contribution in [3.8, 4) is 0 Å². The van der Waals surface area contributed by atoms with Crippen LogP contribution < -0.4 is 5.56 Å². The smallest absolute Gasteiger partial charge is 0.268 e. The van der Waals surface area contributed by atoms with E-state index in [0.29, 0.717) is 18.5 Å². The van der Waals surface area contributed by atoms with E-state index in [9.17, 15) is 13.2 Å². The fourth-order valence-electron chi connectivity index (χ4n) is 1.71. The lowest BCUT2D eigenvalue weighted by Gasteiger charge is -2.24. The van der Waals surface area contributed by atoms with E-state index in [1.54, 1.807) is 6.92 Å². The normalized spacial score (nSPS) is 17.7. The molecule has 0 radical (unpaired) electrons. The molecule has 1 aliphatic rings. The van der Waals surface area contributed by atoms with Crippen LogP contribution in [0.4, 0.5) is 0 Å². The highest BCUT2D eigenvalue weighted by Gasteiger charge is 2.27. The van der Waals surface area contributed by atoms with Crippen molar-refractivity contribution in [1.29, 1.82) is 0 Å². The maximum Gasteiger partial charge on any atom is 0.268 e. The second-order valence-electron chi connectivity index (χ2n) is 3.52. The maximum atomic E-state index is 11.6. The van der Waals surface area contributed by atoms with Crippen LogP contribution in [0.5, 0.6) is 0 Å². The molecule has 0 fully saturated rings. The van der Waals surface area contributed by atoms with Crippen LogP contribution in [0.1, 0.15) is 18.2 Å². The first-order chi connectivity index (χ1) is 7.04. The monoisotopic (exact) mass is 231 g/mol. The Morgan fingerprint density at radius 2 is 2.13 bits per heavy atom. The standard InChI is InChI=1S/C8H13N3O3S/c1-2-15(13,14)11-4-3-7-6(5-11)8(12)10-9-7/h2-5H2,1H3,(H2,9,10,12). The molecule has 0 atom stereocenters. The Bertz CT molecular complexity index is 513. The molecule has 0 saturated carbocycles. The van der Waals surface area contributed by atoms with Gasteiger partial charge in [-0.05, 0) is 6.92 Å². The first-order valence-corrected chi connectivity index (χ1v) is 6.41. The number of aromatic amines is 2. The molecule has 7 heteroatoms. The summed E-state index contributed by atoms with van der Waals surface area (Å²) in [6.07, 6.45) is 0.563. The van der Waals surface area contributed by atoms with Crippen molar-refractivity contribution in [1.82, 2.24) is 14.5 Å². The summed E-state index contributed by atoms with van der Waals surface area (Å²) in [5, 5.41) is 5.22. The minimum atomic E-state index is -3.19. The van der Waals surface area contributed by atoms with Crippen LogP contribution in [0.25, 0.3) is 0 Å². The zero-order valence-electron chi connectivity index (χ0n) is 8.41. The summed E-state index contributed by atoms with van der Waals surface area (Å²) >= 11 is 0. The molecule has 0 aliphatic carbocycles. The van der Waals surface area contributed by atoms with E-state index >= 15 is 0 Å². The number of nitrogens with one attached hydrogen (secondary N) is 2. The number of hydrogen-bond donors (Lipinski definition) is 2. The van der Waals surface area contributed by atoms with E-state index < -0.39 is 10.0 Å². The Morgan fingerprint density at radius 1 is 1.40 bits per heavy atom. The van der Waals surface area contributed by atoms with Crippen LogP contribution in [-0.4, -0.2) is 35.2 Å². The first kappa shape index (κ1) is 10.4. The van der Waals surface area contributed by atoms with Crippen LogP contribution >= 0.6 is 0 Å². The molecule has 1 aromatic heterocycles. The average Bonchev–Trinajstić information content (AvgIpc) is 2.60. The number of fused-ring (bicyclic) bond motifs is 1. The largest absolute Gasteiger partial charge is 0.302 e. The molecular weight excluding hydrogens is 218 g/mol. The SMILES string of the molecule is CCS(=O)(=O)N1CCc2[nH][nH]c(=O)c2C1. The lowest BCUT2D eigenvalue weighted by molar-refractivity contribution is 0.390. The average molecular weight is 231 g/mol. The maximum absolute atomic E-state index is 11.6. The number of nitrogens with zero attached hydrogens (tertiary/aromatic N) is 1. The van der Waals surface area contributed by atoms with Crippen LogP contribution in [0.2, 0.25) is 0 Å². The molecule has 1 aromatic rings. The molecule has 6 nitrogen and oxygen atoms in total. The van der Waals surface area contributed by atoms with Crippen molar-refractivity contribution in [2.45, 2.75) is 19.9 Å². The molecule has 0 aromatic carbocycles. The van der Waals surface area contributed by atoms with Gasteiger partial charge in [-0.1, -0.05) is 0 Å². The van der Waals surface area contributed by atoms with Gasteiger partial charge in [0.05, 0.1) is 11.3 Å². The first-order valence-electron chi connectivity index (χ1n) is 4.81. The predicted octanol–water partition coefficient (Wildman–Crippen LogP) is -0.589. The van der Waals surface area contributed by atoms with Crippen LogP contribution in [0.15, 0.2) is 4.79 Å². The molecule has 84 valence electrons. The highest BCUT2D eigenvalue weighted by Crippen LogP contribution is 2.16. The molecule has 0 bridgehead atoms. The van der Waals surface area contributed by atoms with Crippen molar-refractivity contribution in [2.24, 2.45) is 0 Å². The van der Waals surface area contributed by atoms with Gasteiger partial charge in [0.2, 0.25) is 10.0 Å². The van der Waals surface area contributed by atoms with E-state index in [4.69, 9.17) is 0 Å². The van der Waals surface area contributed by atoms with Crippen molar-refractivity contribution < 1.29 is 8.42 Å². The highest BCUT2D eigenvalue weighted by atomic mass is 32.2. The number of sulfonamides is 1. The van der Waals surface area contributed by atoms with Gasteiger partial charge < -0.3 is 5.10 Å². The number of hydrogen-bond acceptors (Lipinski definition) is 3. The minimum Gasteiger partial charge on any atom is -0.302 e. The summed E-state index contributed by atoms with van der Waals surface area (Å²) in [7, 11) is -3.19. The summed E-state index contributed by atoms with van der Waals surface area (Å²) in [5.41, 5.74) is 1.14. The Hall–Kier alpha value is -1.08. The van der Waals surface area contributed by atoms with E-state index in [1.165, 1.54) is 4.31 Å². The molecule has 0 unspecified atom stereocenters. The fourth-order valence-corrected chi connectivity index (χ4v) is 2.77. The van der Waals surface area contributed by atoms with E-state index in [1.807, 2.05) is 0 Å². The molecular formula is C8H13N3O3S. The molecule has 15 heavy (non-hydrogen) atoms. The second-order valence-corrected chi connectivity index (χ2v) is 5.78.